The Hall–Kier alpha value is -3.40. The highest BCUT2D eigenvalue weighted by Crippen LogP contribution is 2.31. The van der Waals surface area contributed by atoms with Crippen molar-refractivity contribution in [3.05, 3.63) is 85.9 Å². The molecule has 0 radical (unpaired) electrons. The molecule has 2 atom stereocenters. The Morgan fingerprint density at radius 3 is 2.53 bits per heavy atom. The summed E-state index contributed by atoms with van der Waals surface area (Å²) in [4.78, 5) is 36.9. The Morgan fingerprint density at radius 1 is 1.18 bits per heavy atom. The average Bonchev–Trinajstić information content (AvgIpc) is 3.34. The van der Waals surface area contributed by atoms with E-state index in [1.54, 1.807) is 6.92 Å². The molecule has 4 rings (SSSR count). The molecule has 1 N–H and O–H groups in total. The molecule has 1 saturated heterocycles. The van der Waals surface area contributed by atoms with Crippen molar-refractivity contribution in [3.8, 4) is 5.88 Å². The molecule has 38 heavy (non-hydrogen) atoms. The van der Waals surface area contributed by atoms with Crippen LogP contribution in [0, 0.1) is 17.5 Å². The number of halogens is 4. The second kappa shape index (κ2) is 11.6. The molecule has 1 unspecified atom stereocenters. The van der Waals surface area contributed by atoms with Gasteiger partial charge in [0.15, 0.2) is 5.56 Å². The highest BCUT2D eigenvalue weighted by Gasteiger charge is 2.35. The standard InChI is InChI=1S/C27H28ClF3N4O3/c1-3-5-6-22-33-25(36)23(27(38)35(22)21(4-2)16-9-18(29)12-19(30)10-16)26(37)34-8-7-15(14-34)24-20(31)11-17(28)13-32-24/h9-13,15,21,36H,3-8,14H2,1-2H3/t15?,21-/m1/s1. The number of carbonyl (C=O) groups excluding carboxylic acids is 1. The van der Waals surface area contributed by atoms with E-state index < -0.39 is 52.3 Å². The van der Waals surface area contributed by atoms with Crippen LogP contribution in [0.3, 0.4) is 0 Å². The number of nitrogens with zero attached hydrogens (tertiary/aromatic N) is 4. The number of aromatic nitrogens is 3. The number of unbranched alkanes of at least 4 members (excludes halogenated alkanes) is 1. The van der Waals surface area contributed by atoms with Crippen LogP contribution in [0.5, 0.6) is 5.88 Å². The third-order valence-corrected chi connectivity index (χ3v) is 7.01. The quantitative estimate of drug-likeness (QED) is 0.408. The largest absolute Gasteiger partial charge is 0.493 e. The summed E-state index contributed by atoms with van der Waals surface area (Å²) in [6, 6.07) is 3.35. The molecule has 11 heteroatoms. The van der Waals surface area contributed by atoms with E-state index in [-0.39, 0.29) is 41.6 Å². The Morgan fingerprint density at radius 2 is 1.89 bits per heavy atom. The second-order valence-electron chi connectivity index (χ2n) is 9.39. The minimum absolute atomic E-state index is 0.0766. The molecule has 1 amide bonds. The van der Waals surface area contributed by atoms with Gasteiger partial charge in [-0.1, -0.05) is 31.9 Å². The van der Waals surface area contributed by atoms with Gasteiger partial charge in [0, 0.05) is 37.7 Å². The molecule has 2 aromatic heterocycles. The van der Waals surface area contributed by atoms with E-state index in [0.29, 0.717) is 19.3 Å². The van der Waals surface area contributed by atoms with Gasteiger partial charge in [-0.2, -0.15) is 4.98 Å². The molecule has 3 aromatic rings. The first-order valence-corrected chi connectivity index (χ1v) is 12.9. The summed E-state index contributed by atoms with van der Waals surface area (Å²) in [6.45, 7) is 3.97. The summed E-state index contributed by atoms with van der Waals surface area (Å²) in [5.74, 6) is -3.84. The van der Waals surface area contributed by atoms with Gasteiger partial charge in [-0.15, -0.1) is 0 Å². The van der Waals surface area contributed by atoms with Crippen molar-refractivity contribution >= 4 is 17.5 Å². The predicted octanol–water partition coefficient (Wildman–Crippen LogP) is 5.39. The van der Waals surface area contributed by atoms with Gasteiger partial charge in [-0.05, 0) is 43.0 Å². The van der Waals surface area contributed by atoms with Crippen molar-refractivity contribution in [2.75, 3.05) is 13.1 Å². The van der Waals surface area contributed by atoms with Gasteiger partial charge in [0.25, 0.3) is 11.5 Å². The normalized spacial score (nSPS) is 16.2. The lowest BCUT2D eigenvalue weighted by molar-refractivity contribution is 0.0783. The third-order valence-electron chi connectivity index (χ3n) is 6.80. The van der Waals surface area contributed by atoms with Gasteiger partial charge in [0.2, 0.25) is 5.88 Å². The molecular formula is C27H28ClF3N4O3. The maximum atomic E-state index is 14.4. The SMILES string of the molecule is CCCCc1nc(O)c(C(=O)N2CCC(c3ncc(Cl)cc3F)C2)c(=O)n1[C@H](CC)c1cc(F)cc(F)c1. The predicted molar refractivity (Wildman–Crippen MR) is 136 cm³/mol. The zero-order chi connectivity index (χ0) is 27.6. The van der Waals surface area contributed by atoms with Crippen molar-refractivity contribution < 1.29 is 23.1 Å². The summed E-state index contributed by atoms with van der Waals surface area (Å²) in [6.07, 6.45) is 3.72. The molecular weight excluding hydrogens is 521 g/mol. The van der Waals surface area contributed by atoms with Gasteiger partial charge in [-0.25, -0.2) is 13.2 Å². The minimum atomic E-state index is -0.821. The van der Waals surface area contributed by atoms with Gasteiger partial charge in [0.1, 0.15) is 23.3 Å². The van der Waals surface area contributed by atoms with Crippen LogP contribution in [0.1, 0.15) is 78.9 Å². The lowest BCUT2D eigenvalue weighted by atomic mass is 10.0. The smallest absolute Gasteiger partial charge is 0.270 e. The number of carbonyl (C=O) groups is 1. The van der Waals surface area contributed by atoms with Crippen molar-refractivity contribution in [3.63, 3.8) is 0 Å². The number of hydrogen-bond donors (Lipinski definition) is 1. The van der Waals surface area contributed by atoms with Gasteiger partial charge >= 0.3 is 0 Å². The Balaban J connectivity index is 1.75. The number of aryl methyl sites for hydroxylation is 1. The molecule has 1 aliphatic rings. The lowest BCUT2D eigenvalue weighted by Crippen LogP contribution is -2.38. The molecule has 1 aliphatic heterocycles. The molecule has 1 fully saturated rings. The van der Waals surface area contributed by atoms with Crippen LogP contribution in [-0.4, -0.2) is 43.5 Å². The van der Waals surface area contributed by atoms with Gasteiger partial charge in [-0.3, -0.25) is 19.1 Å². The Kier molecular flexibility index (Phi) is 8.40. The summed E-state index contributed by atoms with van der Waals surface area (Å²) >= 11 is 5.80. The first kappa shape index (κ1) is 27.6. The van der Waals surface area contributed by atoms with E-state index in [2.05, 4.69) is 9.97 Å². The molecule has 0 aliphatic carbocycles. The molecule has 7 nitrogen and oxygen atoms in total. The minimum Gasteiger partial charge on any atom is -0.493 e. The summed E-state index contributed by atoms with van der Waals surface area (Å²) in [5.41, 5.74) is -0.963. The number of likely N-dealkylation sites (tertiary alicyclic amines) is 1. The molecule has 0 bridgehead atoms. The molecule has 0 spiro atoms. The van der Waals surface area contributed by atoms with Crippen LogP contribution >= 0.6 is 11.6 Å². The highest BCUT2D eigenvalue weighted by atomic mass is 35.5. The Bertz CT molecular complexity index is 1390. The van der Waals surface area contributed by atoms with Crippen molar-refractivity contribution in [1.29, 1.82) is 0 Å². The van der Waals surface area contributed by atoms with Gasteiger partial charge < -0.3 is 10.0 Å². The fraction of sp³-hybridized carbons (Fsp3) is 0.407. The van der Waals surface area contributed by atoms with E-state index in [0.717, 1.165) is 30.7 Å². The van der Waals surface area contributed by atoms with E-state index in [9.17, 15) is 27.9 Å². The highest BCUT2D eigenvalue weighted by molar-refractivity contribution is 6.30. The van der Waals surface area contributed by atoms with Crippen molar-refractivity contribution in [2.45, 2.75) is 57.9 Å². The summed E-state index contributed by atoms with van der Waals surface area (Å²) < 4.78 is 43.8. The van der Waals surface area contributed by atoms with E-state index in [4.69, 9.17) is 11.6 Å². The van der Waals surface area contributed by atoms with Crippen molar-refractivity contribution in [2.24, 2.45) is 0 Å². The second-order valence-corrected chi connectivity index (χ2v) is 9.83. The summed E-state index contributed by atoms with van der Waals surface area (Å²) in [7, 11) is 0. The number of hydrogen-bond acceptors (Lipinski definition) is 5. The maximum absolute atomic E-state index is 14.4. The van der Waals surface area contributed by atoms with Crippen LogP contribution in [0.4, 0.5) is 13.2 Å². The Labute approximate surface area is 222 Å². The molecule has 1 aromatic carbocycles. The van der Waals surface area contributed by atoms with E-state index >= 15 is 0 Å². The zero-order valence-corrected chi connectivity index (χ0v) is 21.8. The monoisotopic (exact) mass is 548 g/mol. The van der Waals surface area contributed by atoms with Gasteiger partial charge in [0.05, 0.1) is 16.8 Å². The third kappa shape index (κ3) is 5.55. The van der Waals surface area contributed by atoms with Crippen molar-refractivity contribution in [1.82, 2.24) is 19.4 Å². The number of aromatic hydroxyl groups is 1. The lowest BCUT2D eigenvalue weighted by Gasteiger charge is -2.24. The van der Waals surface area contributed by atoms with Crippen LogP contribution in [0.15, 0.2) is 35.3 Å². The average molecular weight is 549 g/mol. The number of amides is 1. The topological polar surface area (TPSA) is 88.3 Å². The summed E-state index contributed by atoms with van der Waals surface area (Å²) in [5, 5.41) is 10.9. The zero-order valence-electron chi connectivity index (χ0n) is 21.1. The molecule has 0 saturated carbocycles. The molecule has 3 heterocycles. The van der Waals surface area contributed by atoms with Crippen LogP contribution in [0.2, 0.25) is 5.02 Å². The van der Waals surface area contributed by atoms with Crippen LogP contribution < -0.4 is 5.56 Å². The fourth-order valence-corrected chi connectivity index (χ4v) is 5.12. The first-order chi connectivity index (χ1) is 18.1. The van der Waals surface area contributed by atoms with Crippen LogP contribution in [0.25, 0.3) is 0 Å². The maximum Gasteiger partial charge on any atom is 0.270 e. The number of benzene rings is 1. The molecule has 202 valence electrons. The van der Waals surface area contributed by atoms with Crippen LogP contribution in [-0.2, 0) is 6.42 Å². The first-order valence-electron chi connectivity index (χ1n) is 12.5. The van der Waals surface area contributed by atoms with E-state index in [1.165, 1.54) is 15.7 Å². The van der Waals surface area contributed by atoms with E-state index in [1.807, 2.05) is 6.92 Å². The number of pyridine rings is 1. The number of rotatable bonds is 8. The fourth-order valence-electron chi connectivity index (χ4n) is 4.97.